The third-order valence-electron chi connectivity index (χ3n) is 4.76. The molecular weight excluding hydrogens is 356 g/mol. The van der Waals surface area contributed by atoms with Crippen LogP contribution in [0.15, 0.2) is 54.6 Å². The molecule has 0 N–H and O–H groups in total. The molecule has 0 unspecified atom stereocenters. The summed E-state index contributed by atoms with van der Waals surface area (Å²) in [6, 6.07) is 17.1. The van der Waals surface area contributed by atoms with E-state index in [4.69, 9.17) is 9.47 Å². The molecular formula is C22H26N2O4. The summed E-state index contributed by atoms with van der Waals surface area (Å²) in [4.78, 5) is 28.2. The molecule has 1 aliphatic rings. The van der Waals surface area contributed by atoms with Gasteiger partial charge in [0.1, 0.15) is 11.5 Å². The van der Waals surface area contributed by atoms with Crippen LogP contribution in [-0.4, -0.2) is 61.0 Å². The Morgan fingerprint density at radius 2 is 1.43 bits per heavy atom. The fraction of sp³-hybridized carbons (Fsp3) is 0.364. The van der Waals surface area contributed by atoms with E-state index < -0.39 is 0 Å². The highest BCUT2D eigenvalue weighted by Crippen LogP contribution is 2.16. The number of hydrogen-bond acceptors (Lipinski definition) is 4. The summed E-state index contributed by atoms with van der Waals surface area (Å²) in [5, 5.41) is 0. The molecule has 28 heavy (non-hydrogen) atoms. The molecule has 6 heteroatoms. The van der Waals surface area contributed by atoms with Crippen LogP contribution in [0.5, 0.6) is 11.5 Å². The normalized spacial score (nSPS) is 13.9. The molecule has 2 amide bonds. The summed E-state index contributed by atoms with van der Waals surface area (Å²) in [5.41, 5.74) is 1.00. The Morgan fingerprint density at radius 1 is 0.821 bits per heavy atom. The third-order valence-corrected chi connectivity index (χ3v) is 4.76. The first-order valence-corrected chi connectivity index (χ1v) is 9.55. The molecule has 2 aromatic rings. The van der Waals surface area contributed by atoms with Crippen LogP contribution in [0.3, 0.4) is 0 Å². The van der Waals surface area contributed by atoms with Crippen LogP contribution in [-0.2, 0) is 9.59 Å². The predicted octanol–water partition coefficient (Wildman–Crippen LogP) is 2.51. The molecule has 148 valence electrons. The maximum absolute atomic E-state index is 12.4. The number of aryl methyl sites for hydroxylation is 1. The molecule has 3 rings (SSSR count). The van der Waals surface area contributed by atoms with Gasteiger partial charge in [0.05, 0.1) is 13.0 Å². The number of benzene rings is 2. The number of amides is 2. The molecule has 0 bridgehead atoms. The van der Waals surface area contributed by atoms with Crippen molar-refractivity contribution in [1.29, 1.82) is 0 Å². The van der Waals surface area contributed by atoms with Gasteiger partial charge in [-0.1, -0.05) is 36.4 Å². The lowest BCUT2D eigenvalue weighted by Crippen LogP contribution is -2.51. The zero-order valence-electron chi connectivity index (χ0n) is 16.2. The number of hydrogen-bond donors (Lipinski definition) is 0. The number of carbonyl (C=O) groups is 2. The molecule has 1 heterocycles. The highest BCUT2D eigenvalue weighted by Gasteiger charge is 2.24. The average molecular weight is 382 g/mol. The molecule has 0 aliphatic carbocycles. The van der Waals surface area contributed by atoms with Gasteiger partial charge in [-0.2, -0.15) is 0 Å². The van der Waals surface area contributed by atoms with Crippen molar-refractivity contribution in [3.05, 3.63) is 60.2 Å². The van der Waals surface area contributed by atoms with E-state index in [-0.39, 0.29) is 18.4 Å². The van der Waals surface area contributed by atoms with Crippen molar-refractivity contribution in [2.24, 2.45) is 0 Å². The van der Waals surface area contributed by atoms with Crippen molar-refractivity contribution in [2.45, 2.75) is 13.3 Å². The Hall–Kier alpha value is -3.02. The first kappa shape index (κ1) is 19.7. The number of nitrogens with zero attached hydrogens (tertiary/aromatic N) is 2. The lowest BCUT2D eigenvalue weighted by atomic mass is 10.2. The standard InChI is InChI=1S/C22H26N2O4/c1-18-7-5-6-10-20(18)28-17-22(26)24-14-12-23(13-15-24)21(25)11-16-27-19-8-3-2-4-9-19/h2-10H,11-17H2,1H3. The summed E-state index contributed by atoms with van der Waals surface area (Å²) >= 11 is 0. The van der Waals surface area contributed by atoms with E-state index in [9.17, 15) is 9.59 Å². The summed E-state index contributed by atoms with van der Waals surface area (Å²) < 4.78 is 11.2. The van der Waals surface area contributed by atoms with Crippen LogP contribution in [0.4, 0.5) is 0 Å². The second-order valence-electron chi connectivity index (χ2n) is 6.73. The molecule has 1 fully saturated rings. The van der Waals surface area contributed by atoms with E-state index in [2.05, 4.69) is 0 Å². The molecule has 0 aromatic heterocycles. The van der Waals surface area contributed by atoms with Gasteiger partial charge >= 0.3 is 0 Å². The van der Waals surface area contributed by atoms with Crippen molar-refractivity contribution >= 4 is 11.8 Å². The van der Waals surface area contributed by atoms with Gasteiger partial charge in [0.15, 0.2) is 6.61 Å². The minimum absolute atomic E-state index is 0.0176. The van der Waals surface area contributed by atoms with Crippen molar-refractivity contribution in [1.82, 2.24) is 9.80 Å². The fourth-order valence-electron chi connectivity index (χ4n) is 3.09. The Labute approximate surface area is 165 Å². The lowest BCUT2D eigenvalue weighted by Gasteiger charge is -2.34. The number of para-hydroxylation sites is 2. The maximum atomic E-state index is 12.4. The third kappa shape index (κ3) is 5.49. The van der Waals surface area contributed by atoms with Gasteiger partial charge in [-0.3, -0.25) is 9.59 Å². The Balaban J connectivity index is 1.37. The van der Waals surface area contributed by atoms with Crippen molar-refractivity contribution in [2.75, 3.05) is 39.4 Å². The number of carbonyl (C=O) groups excluding carboxylic acids is 2. The molecule has 1 saturated heterocycles. The van der Waals surface area contributed by atoms with E-state index in [0.29, 0.717) is 39.2 Å². The van der Waals surface area contributed by atoms with Gasteiger partial charge < -0.3 is 19.3 Å². The van der Waals surface area contributed by atoms with Crippen molar-refractivity contribution in [3.63, 3.8) is 0 Å². The fourth-order valence-corrected chi connectivity index (χ4v) is 3.09. The summed E-state index contributed by atoms with van der Waals surface area (Å²) in [5.74, 6) is 1.49. The molecule has 0 spiro atoms. The molecule has 6 nitrogen and oxygen atoms in total. The smallest absolute Gasteiger partial charge is 0.260 e. The van der Waals surface area contributed by atoms with Gasteiger partial charge in [-0.25, -0.2) is 0 Å². The van der Waals surface area contributed by atoms with Crippen LogP contribution in [0.25, 0.3) is 0 Å². The molecule has 1 aliphatic heterocycles. The molecule has 0 saturated carbocycles. The van der Waals surface area contributed by atoms with E-state index in [1.54, 1.807) is 9.80 Å². The first-order valence-electron chi connectivity index (χ1n) is 9.55. The topological polar surface area (TPSA) is 59.1 Å². The largest absolute Gasteiger partial charge is 0.493 e. The van der Waals surface area contributed by atoms with Gasteiger partial charge in [-0.15, -0.1) is 0 Å². The van der Waals surface area contributed by atoms with Crippen LogP contribution < -0.4 is 9.47 Å². The molecule has 0 radical (unpaired) electrons. The Morgan fingerprint density at radius 3 is 2.11 bits per heavy atom. The zero-order chi connectivity index (χ0) is 19.8. The minimum Gasteiger partial charge on any atom is -0.493 e. The minimum atomic E-state index is -0.0530. The summed E-state index contributed by atoms with van der Waals surface area (Å²) in [7, 11) is 0. The Kier molecular flexibility index (Phi) is 6.89. The van der Waals surface area contributed by atoms with Gasteiger partial charge in [0, 0.05) is 26.2 Å². The zero-order valence-corrected chi connectivity index (χ0v) is 16.2. The van der Waals surface area contributed by atoms with Crippen LogP contribution in [0.2, 0.25) is 0 Å². The SMILES string of the molecule is Cc1ccccc1OCC(=O)N1CCN(C(=O)CCOc2ccccc2)CC1. The van der Waals surface area contributed by atoms with Crippen LogP contribution in [0.1, 0.15) is 12.0 Å². The number of piperazine rings is 1. The van der Waals surface area contributed by atoms with E-state index in [1.807, 2.05) is 61.5 Å². The number of ether oxygens (including phenoxy) is 2. The average Bonchev–Trinajstić information content (AvgIpc) is 2.74. The van der Waals surface area contributed by atoms with E-state index in [0.717, 1.165) is 17.1 Å². The molecule has 2 aromatic carbocycles. The highest BCUT2D eigenvalue weighted by atomic mass is 16.5. The monoisotopic (exact) mass is 382 g/mol. The van der Waals surface area contributed by atoms with E-state index in [1.165, 1.54) is 0 Å². The second kappa shape index (κ2) is 9.78. The lowest BCUT2D eigenvalue weighted by molar-refractivity contribution is -0.141. The van der Waals surface area contributed by atoms with Crippen LogP contribution in [0, 0.1) is 6.92 Å². The van der Waals surface area contributed by atoms with Crippen LogP contribution >= 0.6 is 0 Å². The highest BCUT2D eigenvalue weighted by molar-refractivity contribution is 5.79. The van der Waals surface area contributed by atoms with Crippen molar-refractivity contribution < 1.29 is 19.1 Å². The summed E-state index contributed by atoms with van der Waals surface area (Å²) in [6.45, 7) is 4.46. The first-order chi connectivity index (χ1) is 13.6. The Bertz CT molecular complexity index is 786. The predicted molar refractivity (Wildman–Crippen MR) is 106 cm³/mol. The van der Waals surface area contributed by atoms with Gasteiger partial charge in [-0.05, 0) is 30.7 Å². The maximum Gasteiger partial charge on any atom is 0.260 e. The van der Waals surface area contributed by atoms with E-state index >= 15 is 0 Å². The summed E-state index contributed by atoms with van der Waals surface area (Å²) in [6.07, 6.45) is 0.333. The quantitative estimate of drug-likeness (QED) is 0.738. The van der Waals surface area contributed by atoms with Gasteiger partial charge in [0.25, 0.3) is 5.91 Å². The number of rotatable bonds is 7. The second-order valence-corrected chi connectivity index (χ2v) is 6.73. The van der Waals surface area contributed by atoms with Crippen molar-refractivity contribution in [3.8, 4) is 11.5 Å². The molecule has 0 atom stereocenters. The van der Waals surface area contributed by atoms with Gasteiger partial charge in [0.2, 0.25) is 5.91 Å².